The number of imide groups is 1. The fourth-order valence-electron chi connectivity index (χ4n) is 5.09. The zero-order valence-corrected chi connectivity index (χ0v) is 23.4. The number of nitrogens with zero attached hydrogens (tertiary/aromatic N) is 3. The summed E-state index contributed by atoms with van der Waals surface area (Å²) in [5.74, 6) is -0.925. The number of hydrogen-bond acceptors (Lipinski definition) is 8. The molecule has 0 radical (unpaired) electrons. The Hall–Kier alpha value is -4.21. The molecule has 0 aromatic heterocycles. The van der Waals surface area contributed by atoms with E-state index in [0.29, 0.717) is 41.7 Å². The van der Waals surface area contributed by atoms with Crippen LogP contribution in [0.4, 0.5) is 11.4 Å². The summed E-state index contributed by atoms with van der Waals surface area (Å²) < 4.78 is 10.6. The highest BCUT2D eigenvalue weighted by Crippen LogP contribution is 2.28. The first-order valence-corrected chi connectivity index (χ1v) is 13.9. The van der Waals surface area contributed by atoms with Gasteiger partial charge in [-0.15, -0.1) is 0 Å². The molecular weight excluding hydrogens is 546 g/mol. The third-order valence-electron chi connectivity index (χ3n) is 7.23. The van der Waals surface area contributed by atoms with E-state index in [4.69, 9.17) is 21.1 Å². The number of halogens is 1. The molecule has 2 saturated heterocycles. The second-order valence-corrected chi connectivity index (χ2v) is 10.2. The van der Waals surface area contributed by atoms with E-state index < -0.39 is 18.6 Å². The number of benzene rings is 3. The molecule has 0 N–H and O–H groups in total. The quantitative estimate of drug-likeness (QED) is 0.212. The van der Waals surface area contributed by atoms with Crippen molar-refractivity contribution < 1.29 is 28.7 Å². The zero-order chi connectivity index (χ0) is 28.9. The standard InChI is InChI=1S/C31H30ClN3O6/c1-2-40-26-12-8-21(9-13-26)28(36)20-41-31(39)22-6-10-24(11-7-22)35-29(37)19-27(30(35)38)34-16-14-33(15-17-34)25-5-3-4-23(32)18-25/h3-13,18,27H,2,14-17,19-20H2,1H3. The molecule has 3 aromatic rings. The number of Topliss-reactive ketones (excluding diaryl/α,β-unsaturated/α-hetero) is 1. The normalized spacial score (nSPS) is 17.6. The van der Waals surface area contributed by atoms with Crippen molar-refractivity contribution in [1.29, 1.82) is 0 Å². The molecule has 0 spiro atoms. The topological polar surface area (TPSA) is 96.5 Å². The van der Waals surface area contributed by atoms with Crippen LogP contribution in [0.15, 0.2) is 72.8 Å². The van der Waals surface area contributed by atoms with Gasteiger partial charge in [0.1, 0.15) is 5.75 Å². The fourth-order valence-corrected chi connectivity index (χ4v) is 5.27. The zero-order valence-electron chi connectivity index (χ0n) is 22.6. The van der Waals surface area contributed by atoms with Gasteiger partial charge in [-0.25, -0.2) is 9.69 Å². The number of anilines is 2. The molecule has 2 fully saturated rings. The molecule has 2 aliphatic heterocycles. The van der Waals surface area contributed by atoms with Crippen molar-refractivity contribution >= 4 is 46.5 Å². The minimum absolute atomic E-state index is 0.105. The third kappa shape index (κ3) is 6.42. The molecule has 9 nitrogen and oxygen atoms in total. The molecule has 2 heterocycles. The largest absolute Gasteiger partial charge is 0.494 e. The molecule has 1 unspecified atom stereocenters. The fraction of sp³-hybridized carbons (Fsp3) is 0.290. The molecule has 5 rings (SSSR count). The molecule has 41 heavy (non-hydrogen) atoms. The van der Waals surface area contributed by atoms with Crippen molar-refractivity contribution in [2.24, 2.45) is 0 Å². The Morgan fingerprint density at radius 2 is 1.56 bits per heavy atom. The van der Waals surface area contributed by atoms with Gasteiger partial charge in [0, 0.05) is 42.5 Å². The molecule has 3 aromatic carbocycles. The van der Waals surface area contributed by atoms with Crippen LogP contribution in [0.2, 0.25) is 5.02 Å². The summed E-state index contributed by atoms with van der Waals surface area (Å²) in [4.78, 5) is 56.5. The summed E-state index contributed by atoms with van der Waals surface area (Å²) in [5.41, 5.74) is 2.04. The molecular formula is C31H30ClN3O6. The number of carbonyl (C=O) groups excluding carboxylic acids is 4. The summed E-state index contributed by atoms with van der Waals surface area (Å²) in [7, 11) is 0. The van der Waals surface area contributed by atoms with Gasteiger partial charge in [0.05, 0.1) is 30.3 Å². The molecule has 1 atom stereocenters. The van der Waals surface area contributed by atoms with Gasteiger partial charge >= 0.3 is 5.97 Å². The van der Waals surface area contributed by atoms with E-state index in [2.05, 4.69) is 4.90 Å². The van der Waals surface area contributed by atoms with E-state index in [1.54, 1.807) is 36.4 Å². The minimum Gasteiger partial charge on any atom is -0.494 e. The summed E-state index contributed by atoms with van der Waals surface area (Å²) in [6, 6.07) is 19.8. The van der Waals surface area contributed by atoms with Crippen molar-refractivity contribution in [2.75, 3.05) is 49.2 Å². The van der Waals surface area contributed by atoms with Crippen LogP contribution in [-0.4, -0.2) is 73.9 Å². The Kier molecular flexibility index (Phi) is 8.66. The van der Waals surface area contributed by atoms with Gasteiger partial charge < -0.3 is 14.4 Å². The van der Waals surface area contributed by atoms with E-state index in [1.165, 1.54) is 17.0 Å². The van der Waals surface area contributed by atoms with Crippen LogP contribution in [0.1, 0.15) is 34.1 Å². The Bertz CT molecular complexity index is 1430. The van der Waals surface area contributed by atoms with Crippen LogP contribution in [0.25, 0.3) is 0 Å². The summed E-state index contributed by atoms with van der Waals surface area (Å²) >= 11 is 6.13. The van der Waals surface area contributed by atoms with Crippen molar-refractivity contribution in [3.05, 3.63) is 88.9 Å². The SMILES string of the molecule is CCOc1ccc(C(=O)COC(=O)c2ccc(N3C(=O)CC(N4CCN(c5cccc(Cl)c5)CC4)C3=O)cc2)cc1. The number of ketones is 1. The number of esters is 1. The number of piperazine rings is 1. The minimum atomic E-state index is -0.676. The lowest BCUT2D eigenvalue weighted by Crippen LogP contribution is -2.52. The van der Waals surface area contributed by atoms with Gasteiger partial charge in [0.15, 0.2) is 12.4 Å². The van der Waals surface area contributed by atoms with Crippen LogP contribution in [0.5, 0.6) is 5.75 Å². The first-order valence-electron chi connectivity index (χ1n) is 13.5. The molecule has 10 heteroatoms. The molecule has 0 aliphatic carbocycles. The van der Waals surface area contributed by atoms with Crippen LogP contribution in [-0.2, 0) is 14.3 Å². The summed E-state index contributed by atoms with van der Waals surface area (Å²) in [6.45, 7) is 4.70. The Balaban J connectivity index is 1.15. The predicted molar refractivity (Wildman–Crippen MR) is 155 cm³/mol. The number of ether oxygens (including phenoxy) is 2. The number of amides is 2. The molecule has 212 valence electrons. The maximum atomic E-state index is 13.3. The van der Waals surface area contributed by atoms with Gasteiger partial charge in [-0.3, -0.25) is 19.3 Å². The summed E-state index contributed by atoms with van der Waals surface area (Å²) in [5, 5.41) is 0.675. The molecule has 0 saturated carbocycles. The first-order chi connectivity index (χ1) is 19.8. The van der Waals surface area contributed by atoms with Gasteiger partial charge in [0.2, 0.25) is 5.91 Å². The lowest BCUT2D eigenvalue weighted by atomic mass is 10.1. The van der Waals surface area contributed by atoms with E-state index in [9.17, 15) is 19.2 Å². The van der Waals surface area contributed by atoms with E-state index in [-0.39, 0.29) is 29.6 Å². The highest BCUT2D eigenvalue weighted by molar-refractivity contribution is 6.30. The predicted octanol–water partition coefficient (Wildman–Crippen LogP) is 4.23. The maximum Gasteiger partial charge on any atom is 0.338 e. The average molecular weight is 576 g/mol. The Labute approximate surface area is 243 Å². The highest BCUT2D eigenvalue weighted by Gasteiger charge is 2.43. The van der Waals surface area contributed by atoms with Crippen molar-refractivity contribution in [3.8, 4) is 5.75 Å². The van der Waals surface area contributed by atoms with Crippen LogP contribution in [0, 0.1) is 0 Å². The van der Waals surface area contributed by atoms with Crippen LogP contribution >= 0.6 is 11.6 Å². The van der Waals surface area contributed by atoms with Gasteiger partial charge in [-0.2, -0.15) is 0 Å². The first kappa shape index (κ1) is 28.3. The Morgan fingerprint density at radius 1 is 0.878 bits per heavy atom. The van der Waals surface area contributed by atoms with Gasteiger partial charge in [0.25, 0.3) is 5.91 Å². The van der Waals surface area contributed by atoms with Crippen LogP contribution in [0.3, 0.4) is 0 Å². The summed E-state index contributed by atoms with van der Waals surface area (Å²) in [6.07, 6.45) is 0.105. The van der Waals surface area contributed by atoms with Crippen molar-refractivity contribution in [3.63, 3.8) is 0 Å². The molecule has 0 bridgehead atoms. The van der Waals surface area contributed by atoms with Crippen molar-refractivity contribution in [2.45, 2.75) is 19.4 Å². The number of rotatable bonds is 9. The highest BCUT2D eigenvalue weighted by atomic mass is 35.5. The molecule has 2 aliphatic rings. The lowest BCUT2D eigenvalue weighted by molar-refractivity contribution is -0.123. The van der Waals surface area contributed by atoms with Crippen molar-refractivity contribution in [1.82, 2.24) is 4.90 Å². The average Bonchev–Trinajstić information content (AvgIpc) is 3.29. The number of hydrogen-bond donors (Lipinski definition) is 0. The second kappa shape index (κ2) is 12.5. The monoisotopic (exact) mass is 575 g/mol. The van der Waals surface area contributed by atoms with E-state index in [0.717, 1.165) is 18.8 Å². The molecule has 2 amide bonds. The number of carbonyl (C=O) groups is 4. The van der Waals surface area contributed by atoms with E-state index >= 15 is 0 Å². The maximum absolute atomic E-state index is 13.3. The van der Waals surface area contributed by atoms with Gasteiger partial charge in [-0.1, -0.05) is 17.7 Å². The van der Waals surface area contributed by atoms with E-state index in [1.807, 2.05) is 36.1 Å². The lowest BCUT2D eigenvalue weighted by Gasteiger charge is -2.38. The van der Waals surface area contributed by atoms with Crippen LogP contribution < -0.4 is 14.5 Å². The Morgan fingerprint density at radius 3 is 2.22 bits per heavy atom. The second-order valence-electron chi connectivity index (χ2n) is 9.79. The third-order valence-corrected chi connectivity index (χ3v) is 7.47. The smallest absolute Gasteiger partial charge is 0.338 e. The van der Waals surface area contributed by atoms with Gasteiger partial charge in [-0.05, 0) is 73.7 Å².